The van der Waals surface area contributed by atoms with Gasteiger partial charge in [0.05, 0.1) is 0 Å². The van der Waals surface area contributed by atoms with E-state index in [9.17, 15) is 8.78 Å². The Morgan fingerprint density at radius 1 is 1.16 bits per heavy atom. The van der Waals surface area contributed by atoms with Crippen LogP contribution in [0.3, 0.4) is 0 Å². The molecule has 1 atom stereocenters. The Hall–Kier alpha value is -0.200. The van der Waals surface area contributed by atoms with Crippen molar-refractivity contribution in [3.63, 3.8) is 0 Å². The maximum absolute atomic E-state index is 14.7. The first-order valence-corrected chi connectivity index (χ1v) is 10.2. The molecule has 0 bridgehead atoms. The summed E-state index contributed by atoms with van der Waals surface area (Å²) in [5, 5.41) is 2.50. The molecule has 25 heavy (non-hydrogen) atoms. The molecule has 1 unspecified atom stereocenters. The third-order valence-corrected chi connectivity index (χ3v) is 7.53. The fourth-order valence-corrected chi connectivity index (χ4v) is 5.18. The highest BCUT2D eigenvalue weighted by Gasteiger charge is 2.54. The van der Waals surface area contributed by atoms with Gasteiger partial charge in [0.1, 0.15) is 4.75 Å². The van der Waals surface area contributed by atoms with Crippen molar-refractivity contribution in [2.75, 3.05) is 0 Å². The van der Waals surface area contributed by atoms with Gasteiger partial charge in [-0.1, -0.05) is 29.3 Å². The summed E-state index contributed by atoms with van der Waals surface area (Å²) in [4.78, 5) is 0.795. The number of hydrogen-bond acceptors (Lipinski definition) is 2. The maximum atomic E-state index is 14.7. The van der Waals surface area contributed by atoms with Crippen LogP contribution < -0.4 is 0 Å². The molecule has 0 nitrogen and oxygen atoms in total. The molecule has 1 heterocycles. The van der Waals surface area contributed by atoms with Gasteiger partial charge < -0.3 is 0 Å². The summed E-state index contributed by atoms with van der Waals surface area (Å²) in [7, 11) is 0. The molecule has 3 rings (SSSR count). The summed E-state index contributed by atoms with van der Waals surface area (Å²) in [5.74, 6) is -2.97. The zero-order valence-corrected chi connectivity index (χ0v) is 17.8. The first-order valence-electron chi connectivity index (χ1n) is 7.32. The average molecular weight is 482 g/mol. The van der Waals surface area contributed by atoms with E-state index in [-0.39, 0.29) is 6.42 Å². The minimum atomic E-state index is -2.97. The standard InChI is InChI=1S/C18H13BrCl2F2S2/c1-17(22,23)18(12-5-13(20)7-14(21)6-12)8-11(9-25-18)10-2-3-16(24)15(19)4-10/h2-7,9,24H,8H2,1H3. The fourth-order valence-electron chi connectivity index (χ4n) is 2.87. The molecule has 0 saturated heterocycles. The van der Waals surface area contributed by atoms with Gasteiger partial charge in [0.15, 0.2) is 0 Å². The Morgan fingerprint density at radius 3 is 2.36 bits per heavy atom. The normalized spacial score (nSPS) is 20.7. The zero-order chi connectivity index (χ0) is 18.4. The Bertz CT molecular complexity index is 844. The van der Waals surface area contributed by atoms with E-state index in [0.29, 0.717) is 15.6 Å². The number of halogens is 5. The lowest BCUT2D eigenvalue weighted by Gasteiger charge is -2.35. The van der Waals surface area contributed by atoms with Crippen LogP contribution in [0.2, 0.25) is 10.0 Å². The smallest absolute Gasteiger partial charge is 0.205 e. The first-order chi connectivity index (χ1) is 11.6. The number of hydrogen-bond donors (Lipinski definition) is 1. The molecule has 132 valence electrons. The van der Waals surface area contributed by atoms with Crippen LogP contribution in [0.4, 0.5) is 8.78 Å². The number of rotatable bonds is 3. The summed E-state index contributed by atoms with van der Waals surface area (Å²) in [6.07, 6.45) is 0.177. The van der Waals surface area contributed by atoms with Gasteiger partial charge in [-0.3, -0.25) is 0 Å². The van der Waals surface area contributed by atoms with Crippen molar-refractivity contribution < 1.29 is 8.78 Å². The van der Waals surface area contributed by atoms with Crippen LogP contribution in [0.5, 0.6) is 0 Å². The van der Waals surface area contributed by atoms with E-state index in [4.69, 9.17) is 23.2 Å². The highest BCUT2D eigenvalue weighted by Crippen LogP contribution is 2.59. The van der Waals surface area contributed by atoms with Crippen LogP contribution in [0, 0.1) is 0 Å². The van der Waals surface area contributed by atoms with Crippen LogP contribution >= 0.6 is 63.5 Å². The van der Waals surface area contributed by atoms with Crippen molar-refractivity contribution in [3.8, 4) is 0 Å². The summed E-state index contributed by atoms with van der Waals surface area (Å²) < 4.78 is 28.8. The molecule has 0 spiro atoms. The Balaban J connectivity index is 2.04. The van der Waals surface area contributed by atoms with Crippen LogP contribution in [-0.4, -0.2) is 5.92 Å². The van der Waals surface area contributed by atoms with Gasteiger partial charge in [-0.05, 0) is 74.8 Å². The quantitative estimate of drug-likeness (QED) is 0.432. The van der Waals surface area contributed by atoms with Gasteiger partial charge >= 0.3 is 0 Å². The predicted molar refractivity (Wildman–Crippen MR) is 110 cm³/mol. The molecular formula is C18H13BrCl2F2S2. The van der Waals surface area contributed by atoms with Gasteiger partial charge in [-0.15, -0.1) is 24.4 Å². The molecule has 0 aromatic heterocycles. The van der Waals surface area contributed by atoms with E-state index in [1.807, 2.05) is 18.2 Å². The SMILES string of the molecule is CC(F)(F)C1(c2cc(Cl)cc(Cl)c2)CC(c2ccc(S)c(Br)c2)=CS1. The monoisotopic (exact) mass is 480 g/mol. The first kappa shape index (κ1) is 19.6. The van der Waals surface area contributed by atoms with E-state index < -0.39 is 10.7 Å². The van der Waals surface area contributed by atoms with Crippen molar-refractivity contribution >= 4 is 69.1 Å². The topological polar surface area (TPSA) is 0 Å². The Labute approximate surface area is 173 Å². The number of thioether (sulfide) groups is 1. The molecule has 0 fully saturated rings. The summed E-state index contributed by atoms with van der Waals surface area (Å²) in [6, 6.07) is 10.3. The number of benzene rings is 2. The second-order valence-corrected chi connectivity index (χ2v) is 9.35. The molecule has 2 aromatic rings. The number of thiol groups is 1. The van der Waals surface area contributed by atoms with E-state index >= 15 is 0 Å². The Morgan fingerprint density at radius 2 is 1.80 bits per heavy atom. The third kappa shape index (κ3) is 3.77. The van der Waals surface area contributed by atoms with E-state index in [0.717, 1.165) is 39.2 Å². The minimum Gasteiger partial charge on any atom is -0.205 e. The summed E-state index contributed by atoms with van der Waals surface area (Å²) >= 11 is 21.0. The lowest BCUT2D eigenvalue weighted by Crippen LogP contribution is -2.38. The van der Waals surface area contributed by atoms with Crippen LogP contribution in [0.15, 0.2) is 51.2 Å². The largest absolute Gasteiger partial charge is 0.264 e. The van der Waals surface area contributed by atoms with E-state index in [2.05, 4.69) is 28.6 Å². The summed E-state index contributed by atoms with van der Waals surface area (Å²) in [5.41, 5.74) is 2.16. The number of allylic oxidation sites excluding steroid dienone is 1. The Kier molecular flexibility index (Phi) is 5.54. The summed E-state index contributed by atoms with van der Waals surface area (Å²) in [6.45, 7) is 0.943. The second kappa shape index (κ2) is 7.08. The van der Waals surface area contributed by atoms with Gasteiger partial charge in [-0.2, -0.15) is 0 Å². The van der Waals surface area contributed by atoms with E-state index in [1.54, 1.807) is 23.6 Å². The molecule has 0 N–H and O–H groups in total. The molecular weight excluding hydrogens is 469 g/mol. The van der Waals surface area contributed by atoms with Crippen molar-refractivity contribution in [2.45, 2.75) is 28.9 Å². The highest BCUT2D eigenvalue weighted by molar-refractivity contribution is 9.10. The van der Waals surface area contributed by atoms with Crippen molar-refractivity contribution in [1.82, 2.24) is 0 Å². The fraction of sp³-hybridized carbons (Fsp3) is 0.222. The number of alkyl halides is 2. The average Bonchev–Trinajstić information content (AvgIpc) is 2.95. The minimum absolute atomic E-state index is 0.177. The maximum Gasteiger partial charge on any atom is 0.264 e. The lowest BCUT2D eigenvalue weighted by molar-refractivity contribution is -0.0204. The van der Waals surface area contributed by atoms with Crippen molar-refractivity contribution in [3.05, 3.63) is 67.5 Å². The van der Waals surface area contributed by atoms with E-state index in [1.165, 1.54) is 0 Å². The molecule has 0 radical (unpaired) electrons. The predicted octanol–water partition coefficient (Wildman–Crippen LogP) is 8.07. The molecule has 1 aliphatic heterocycles. The van der Waals surface area contributed by atoms with Gasteiger partial charge in [0, 0.05) is 26.3 Å². The molecule has 7 heteroatoms. The molecule has 0 aliphatic carbocycles. The van der Waals surface area contributed by atoms with Crippen molar-refractivity contribution in [2.24, 2.45) is 0 Å². The zero-order valence-electron chi connectivity index (χ0n) is 13.0. The van der Waals surface area contributed by atoms with Crippen molar-refractivity contribution in [1.29, 1.82) is 0 Å². The highest BCUT2D eigenvalue weighted by atomic mass is 79.9. The molecule has 0 saturated carbocycles. The van der Waals surface area contributed by atoms with Crippen LogP contribution in [-0.2, 0) is 4.75 Å². The molecule has 2 aromatic carbocycles. The second-order valence-electron chi connectivity index (χ2n) is 5.98. The van der Waals surface area contributed by atoms with Gasteiger partial charge in [0.2, 0.25) is 0 Å². The molecule has 1 aliphatic rings. The van der Waals surface area contributed by atoms with Gasteiger partial charge in [0.25, 0.3) is 5.92 Å². The molecule has 0 amide bonds. The third-order valence-electron chi connectivity index (χ3n) is 4.20. The lowest BCUT2D eigenvalue weighted by atomic mass is 9.85. The van der Waals surface area contributed by atoms with Crippen LogP contribution in [0.1, 0.15) is 24.5 Å². The van der Waals surface area contributed by atoms with Gasteiger partial charge in [-0.25, -0.2) is 8.78 Å². The van der Waals surface area contributed by atoms with Crippen LogP contribution in [0.25, 0.3) is 5.57 Å².